The summed E-state index contributed by atoms with van der Waals surface area (Å²) in [5.41, 5.74) is 7.34. The molecule has 3 heteroatoms. The third-order valence-electron chi connectivity index (χ3n) is 3.38. The summed E-state index contributed by atoms with van der Waals surface area (Å²) in [6, 6.07) is 8.48. The number of hydrogen-bond acceptors (Lipinski definition) is 2. The van der Waals surface area contributed by atoms with Crippen molar-refractivity contribution in [3.8, 4) is 0 Å². The summed E-state index contributed by atoms with van der Waals surface area (Å²) in [7, 11) is 0. The standard InChI is InChI=1S/C13H19ClN2/c1-10-8-16(7-6-13(10)15)9-11-2-4-12(14)5-3-11/h2-5,10,13H,6-9,15H2,1H3. The Labute approximate surface area is 102 Å². The van der Waals surface area contributed by atoms with Gasteiger partial charge in [0.25, 0.3) is 0 Å². The second-order valence-electron chi connectivity index (χ2n) is 4.79. The van der Waals surface area contributed by atoms with Crippen LogP contribution < -0.4 is 5.73 Å². The van der Waals surface area contributed by atoms with E-state index in [1.165, 1.54) is 5.56 Å². The van der Waals surface area contributed by atoms with Crippen molar-refractivity contribution < 1.29 is 0 Å². The minimum atomic E-state index is 0.376. The van der Waals surface area contributed by atoms with E-state index in [0.29, 0.717) is 12.0 Å². The zero-order valence-electron chi connectivity index (χ0n) is 9.70. The number of likely N-dealkylation sites (tertiary alicyclic amines) is 1. The average molecular weight is 239 g/mol. The fourth-order valence-electron chi connectivity index (χ4n) is 2.24. The molecule has 0 aliphatic carbocycles. The first-order valence-electron chi connectivity index (χ1n) is 5.87. The maximum Gasteiger partial charge on any atom is 0.0406 e. The zero-order chi connectivity index (χ0) is 11.5. The van der Waals surface area contributed by atoms with E-state index in [-0.39, 0.29) is 0 Å². The molecule has 0 spiro atoms. The Morgan fingerprint density at radius 1 is 1.38 bits per heavy atom. The van der Waals surface area contributed by atoms with Gasteiger partial charge in [-0.1, -0.05) is 30.7 Å². The fourth-order valence-corrected chi connectivity index (χ4v) is 2.37. The molecule has 0 radical (unpaired) electrons. The van der Waals surface area contributed by atoms with Crippen LogP contribution in [0.25, 0.3) is 0 Å². The molecule has 88 valence electrons. The maximum atomic E-state index is 6.01. The van der Waals surface area contributed by atoms with Crippen LogP contribution in [0.15, 0.2) is 24.3 Å². The van der Waals surface area contributed by atoms with E-state index in [2.05, 4.69) is 24.0 Å². The number of halogens is 1. The third-order valence-corrected chi connectivity index (χ3v) is 3.63. The average Bonchev–Trinajstić information content (AvgIpc) is 2.27. The van der Waals surface area contributed by atoms with Crippen molar-refractivity contribution in [1.29, 1.82) is 0 Å². The minimum absolute atomic E-state index is 0.376. The monoisotopic (exact) mass is 238 g/mol. The van der Waals surface area contributed by atoms with Gasteiger partial charge in [-0.05, 0) is 36.6 Å². The Hall–Kier alpha value is -0.570. The lowest BCUT2D eigenvalue weighted by atomic mass is 9.94. The molecule has 1 aliphatic heterocycles. The first-order chi connectivity index (χ1) is 7.65. The summed E-state index contributed by atoms with van der Waals surface area (Å²) in [5.74, 6) is 0.598. The number of nitrogens with two attached hydrogens (primary N) is 1. The molecule has 1 fully saturated rings. The molecule has 1 saturated heterocycles. The van der Waals surface area contributed by atoms with Crippen LogP contribution in [0.1, 0.15) is 18.9 Å². The first kappa shape index (κ1) is 11.9. The van der Waals surface area contributed by atoms with Crippen LogP contribution in [0.4, 0.5) is 0 Å². The number of rotatable bonds is 2. The summed E-state index contributed by atoms with van der Waals surface area (Å²) >= 11 is 5.87. The van der Waals surface area contributed by atoms with Crippen LogP contribution in [0.2, 0.25) is 5.02 Å². The van der Waals surface area contributed by atoms with Crippen molar-refractivity contribution in [2.75, 3.05) is 13.1 Å². The van der Waals surface area contributed by atoms with Gasteiger partial charge in [-0.2, -0.15) is 0 Å². The van der Waals surface area contributed by atoms with E-state index in [4.69, 9.17) is 17.3 Å². The van der Waals surface area contributed by atoms with Gasteiger partial charge in [0.1, 0.15) is 0 Å². The van der Waals surface area contributed by atoms with Crippen molar-refractivity contribution in [1.82, 2.24) is 4.90 Å². The number of hydrogen-bond donors (Lipinski definition) is 1. The highest BCUT2D eigenvalue weighted by Crippen LogP contribution is 2.18. The molecule has 2 rings (SSSR count). The summed E-state index contributed by atoms with van der Waals surface area (Å²) in [6.45, 7) is 5.45. The molecule has 0 aromatic heterocycles. The van der Waals surface area contributed by atoms with Crippen LogP contribution in [-0.4, -0.2) is 24.0 Å². The second-order valence-corrected chi connectivity index (χ2v) is 5.23. The highest BCUT2D eigenvalue weighted by Gasteiger charge is 2.22. The van der Waals surface area contributed by atoms with E-state index in [1.54, 1.807) is 0 Å². The SMILES string of the molecule is CC1CN(Cc2ccc(Cl)cc2)CCC1N. The maximum absolute atomic E-state index is 6.01. The lowest BCUT2D eigenvalue weighted by Gasteiger charge is -2.35. The van der Waals surface area contributed by atoms with E-state index in [0.717, 1.165) is 31.1 Å². The molecule has 1 aromatic rings. The normalized spacial score (nSPS) is 26.9. The van der Waals surface area contributed by atoms with Crippen molar-refractivity contribution in [3.63, 3.8) is 0 Å². The van der Waals surface area contributed by atoms with Gasteiger partial charge in [-0.3, -0.25) is 4.90 Å². The molecular formula is C13H19ClN2. The van der Waals surface area contributed by atoms with Crippen molar-refractivity contribution >= 4 is 11.6 Å². The van der Waals surface area contributed by atoms with Crippen LogP contribution >= 0.6 is 11.6 Å². The van der Waals surface area contributed by atoms with Gasteiger partial charge >= 0.3 is 0 Å². The molecule has 0 saturated carbocycles. The summed E-state index contributed by atoms with van der Waals surface area (Å²) in [4.78, 5) is 2.47. The molecule has 1 aliphatic rings. The molecule has 0 bridgehead atoms. The van der Waals surface area contributed by atoms with Crippen LogP contribution in [0.5, 0.6) is 0 Å². The number of piperidine rings is 1. The predicted molar refractivity (Wildman–Crippen MR) is 68.5 cm³/mol. The van der Waals surface area contributed by atoms with E-state index in [9.17, 15) is 0 Å². The lowest BCUT2D eigenvalue weighted by molar-refractivity contribution is 0.158. The largest absolute Gasteiger partial charge is 0.327 e. The Morgan fingerprint density at radius 3 is 2.69 bits per heavy atom. The molecule has 1 aromatic carbocycles. The highest BCUT2D eigenvalue weighted by molar-refractivity contribution is 6.30. The van der Waals surface area contributed by atoms with Gasteiger partial charge in [0.15, 0.2) is 0 Å². The third kappa shape index (κ3) is 2.97. The summed E-state index contributed by atoms with van der Waals surface area (Å²) < 4.78 is 0. The van der Waals surface area contributed by atoms with E-state index in [1.807, 2.05) is 12.1 Å². The van der Waals surface area contributed by atoms with Crippen LogP contribution in [0.3, 0.4) is 0 Å². The second kappa shape index (κ2) is 5.17. The topological polar surface area (TPSA) is 29.3 Å². The molecule has 16 heavy (non-hydrogen) atoms. The molecule has 2 unspecified atom stereocenters. The Kier molecular flexibility index (Phi) is 3.85. The molecule has 2 N–H and O–H groups in total. The van der Waals surface area contributed by atoms with Crippen LogP contribution in [-0.2, 0) is 6.54 Å². The Morgan fingerprint density at radius 2 is 2.06 bits per heavy atom. The summed E-state index contributed by atoms with van der Waals surface area (Å²) in [6.07, 6.45) is 1.11. The van der Waals surface area contributed by atoms with Gasteiger partial charge in [-0.25, -0.2) is 0 Å². The fraction of sp³-hybridized carbons (Fsp3) is 0.538. The number of nitrogens with zero attached hydrogens (tertiary/aromatic N) is 1. The van der Waals surface area contributed by atoms with Crippen molar-refractivity contribution in [2.24, 2.45) is 11.7 Å². The molecular weight excluding hydrogens is 220 g/mol. The molecule has 0 amide bonds. The zero-order valence-corrected chi connectivity index (χ0v) is 10.5. The van der Waals surface area contributed by atoms with Gasteiger partial charge in [0.05, 0.1) is 0 Å². The molecule has 2 atom stereocenters. The van der Waals surface area contributed by atoms with Crippen LogP contribution in [0, 0.1) is 5.92 Å². The Bertz CT molecular complexity index is 336. The van der Waals surface area contributed by atoms with Gasteiger partial charge in [-0.15, -0.1) is 0 Å². The highest BCUT2D eigenvalue weighted by atomic mass is 35.5. The first-order valence-corrected chi connectivity index (χ1v) is 6.25. The minimum Gasteiger partial charge on any atom is -0.327 e. The van der Waals surface area contributed by atoms with Gasteiger partial charge in [0, 0.05) is 24.2 Å². The Balaban J connectivity index is 1.93. The predicted octanol–water partition coefficient (Wildman–Crippen LogP) is 2.51. The van der Waals surface area contributed by atoms with E-state index >= 15 is 0 Å². The molecule has 1 heterocycles. The number of benzene rings is 1. The lowest BCUT2D eigenvalue weighted by Crippen LogP contribution is -2.45. The summed E-state index contributed by atoms with van der Waals surface area (Å²) in [5, 5.41) is 0.804. The molecule has 2 nitrogen and oxygen atoms in total. The quantitative estimate of drug-likeness (QED) is 0.858. The van der Waals surface area contributed by atoms with Gasteiger partial charge in [0.2, 0.25) is 0 Å². The smallest absolute Gasteiger partial charge is 0.0406 e. The van der Waals surface area contributed by atoms with Gasteiger partial charge < -0.3 is 5.73 Å². The van der Waals surface area contributed by atoms with Crippen molar-refractivity contribution in [2.45, 2.75) is 25.9 Å². The van der Waals surface area contributed by atoms with Crippen molar-refractivity contribution in [3.05, 3.63) is 34.9 Å². The van der Waals surface area contributed by atoms with E-state index < -0.39 is 0 Å².